The van der Waals surface area contributed by atoms with Crippen molar-refractivity contribution in [1.29, 1.82) is 0 Å². The molecular formula is C14H24N2S. The lowest BCUT2D eigenvalue weighted by Gasteiger charge is -2.13. The first-order chi connectivity index (χ1) is 8.35. The van der Waals surface area contributed by atoms with Gasteiger partial charge in [0, 0.05) is 4.88 Å². The third-order valence-corrected chi connectivity index (χ3v) is 4.88. The Kier molecular flexibility index (Phi) is 4.99. The summed E-state index contributed by atoms with van der Waals surface area (Å²) in [6.07, 6.45) is 10.4. The predicted octanol–water partition coefficient (Wildman–Crippen LogP) is 3.86. The van der Waals surface area contributed by atoms with Gasteiger partial charge in [0.25, 0.3) is 0 Å². The van der Waals surface area contributed by atoms with Gasteiger partial charge in [0.2, 0.25) is 0 Å². The van der Waals surface area contributed by atoms with E-state index in [9.17, 15) is 0 Å². The van der Waals surface area contributed by atoms with Crippen molar-refractivity contribution in [2.75, 3.05) is 7.05 Å². The summed E-state index contributed by atoms with van der Waals surface area (Å²) in [5.74, 6) is 0. The van der Waals surface area contributed by atoms with E-state index in [-0.39, 0.29) is 0 Å². The van der Waals surface area contributed by atoms with Crippen LogP contribution in [0.25, 0.3) is 0 Å². The molecule has 1 aromatic heterocycles. The van der Waals surface area contributed by atoms with E-state index >= 15 is 0 Å². The van der Waals surface area contributed by atoms with Gasteiger partial charge in [-0.05, 0) is 32.7 Å². The third-order valence-electron chi connectivity index (χ3n) is 3.61. The lowest BCUT2D eigenvalue weighted by molar-refractivity contribution is 0.502. The maximum Gasteiger partial charge on any atom is 0.110 e. The first kappa shape index (κ1) is 13.0. The summed E-state index contributed by atoms with van der Waals surface area (Å²) < 4.78 is 0. The lowest BCUT2D eigenvalue weighted by Crippen LogP contribution is -2.16. The molecule has 0 aliphatic heterocycles. The minimum atomic E-state index is 0.488. The highest BCUT2D eigenvalue weighted by molar-refractivity contribution is 7.11. The van der Waals surface area contributed by atoms with Gasteiger partial charge in [-0.3, -0.25) is 0 Å². The monoisotopic (exact) mass is 252 g/mol. The average Bonchev–Trinajstić information content (AvgIpc) is 2.89. The summed E-state index contributed by atoms with van der Waals surface area (Å²) in [7, 11) is 2.07. The molecule has 17 heavy (non-hydrogen) atoms. The molecule has 2 nitrogen and oxygen atoms in total. The Hall–Kier alpha value is -0.410. The van der Waals surface area contributed by atoms with Crippen LogP contribution in [-0.2, 0) is 12.8 Å². The van der Waals surface area contributed by atoms with Gasteiger partial charge in [0.15, 0.2) is 0 Å². The number of hydrogen-bond acceptors (Lipinski definition) is 3. The van der Waals surface area contributed by atoms with Gasteiger partial charge < -0.3 is 5.32 Å². The molecule has 0 amide bonds. The van der Waals surface area contributed by atoms with Crippen molar-refractivity contribution < 1.29 is 0 Å². The zero-order chi connectivity index (χ0) is 12.1. The van der Waals surface area contributed by atoms with Gasteiger partial charge in [-0.25, -0.2) is 4.98 Å². The number of hydrogen-bond donors (Lipinski definition) is 1. The summed E-state index contributed by atoms with van der Waals surface area (Å²) >= 11 is 1.94. The van der Waals surface area contributed by atoms with Gasteiger partial charge >= 0.3 is 0 Å². The molecule has 1 unspecified atom stereocenters. The number of thiazole rings is 1. The van der Waals surface area contributed by atoms with Crippen molar-refractivity contribution >= 4 is 11.3 Å². The van der Waals surface area contributed by atoms with E-state index in [4.69, 9.17) is 4.98 Å². The van der Waals surface area contributed by atoms with Gasteiger partial charge in [-0.15, -0.1) is 11.3 Å². The number of aromatic nitrogens is 1. The quantitative estimate of drug-likeness (QED) is 0.745. The molecule has 0 saturated heterocycles. The van der Waals surface area contributed by atoms with Crippen molar-refractivity contribution in [3.63, 3.8) is 0 Å². The Morgan fingerprint density at radius 3 is 2.88 bits per heavy atom. The summed E-state index contributed by atoms with van der Waals surface area (Å²) in [6, 6.07) is 0.488. The van der Waals surface area contributed by atoms with Crippen molar-refractivity contribution in [2.24, 2.45) is 0 Å². The van der Waals surface area contributed by atoms with E-state index < -0.39 is 0 Å². The van der Waals surface area contributed by atoms with Crippen LogP contribution in [0.1, 0.15) is 67.1 Å². The Labute approximate surface area is 109 Å². The first-order valence-corrected chi connectivity index (χ1v) is 7.82. The van der Waals surface area contributed by atoms with Crippen LogP contribution in [-0.4, -0.2) is 12.0 Å². The Morgan fingerprint density at radius 1 is 1.29 bits per heavy atom. The maximum atomic E-state index is 4.82. The van der Waals surface area contributed by atoms with Crippen molar-refractivity contribution in [3.05, 3.63) is 15.6 Å². The van der Waals surface area contributed by atoms with Crippen molar-refractivity contribution in [1.82, 2.24) is 10.3 Å². The molecule has 0 saturated carbocycles. The molecule has 1 heterocycles. The van der Waals surface area contributed by atoms with Gasteiger partial charge in [0.05, 0.1) is 11.7 Å². The fourth-order valence-electron chi connectivity index (χ4n) is 2.53. The average molecular weight is 252 g/mol. The molecule has 1 aromatic rings. The minimum absolute atomic E-state index is 0.488. The van der Waals surface area contributed by atoms with Gasteiger partial charge in [-0.2, -0.15) is 0 Å². The van der Waals surface area contributed by atoms with Gasteiger partial charge in [-0.1, -0.05) is 32.6 Å². The van der Waals surface area contributed by atoms with Crippen molar-refractivity contribution in [3.8, 4) is 0 Å². The van der Waals surface area contributed by atoms with Crippen LogP contribution >= 0.6 is 11.3 Å². The van der Waals surface area contributed by atoms with E-state index in [0.717, 1.165) is 0 Å². The molecule has 0 bridgehead atoms. The van der Waals surface area contributed by atoms with Gasteiger partial charge in [0.1, 0.15) is 5.01 Å². The van der Waals surface area contributed by atoms with E-state index in [2.05, 4.69) is 19.3 Å². The Morgan fingerprint density at radius 2 is 2.18 bits per heavy atom. The molecule has 0 radical (unpaired) electrons. The van der Waals surface area contributed by atoms with Crippen LogP contribution in [0, 0.1) is 0 Å². The first-order valence-electron chi connectivity index (χ1n) is 7.01. The van der Waals surface area contributed by atoms with Crippen LogP contribution in [0.2, 0.25) is 0 Å². The van der Waals surface area contributed by atoms with E-state index in [0.29, 0.717) is 6.04 Å². The maximum absolute atomic E-state index is 4.82. The molecule has 2 rings (SSSR count). The van der Waals surface area contributed by atoms with Crippen molar-refractivity contribution in [2.45, 2.75) is 64.3 Å². The highest BCUT2D eigenvalue weighted by Gasteiger charge is 2.20. The number of rotatable bonds is 7. The highest BCUT2D eigenvalue weighted by Crippen LogP contribution is 2.32. The predicted molar refractivity (Wildman–Crippen MR) is 74.7 cm³/mol. The topological polar surface area (TPSA) is 24.9 Å². The zero-order valence-corrected chi connectivity index (χ0v) is 11.9. The second-order valence-corrected chi connectivity index (χ2v) is 6.08. The number of unbranched alkanes of at least 4 members (excludes halogenated alkanes) is 3. The molecular weight excluding hydrogens is 228 g/mol. The molecule has 0 aromatic carbocycles. The minimum Gasteiger partial charge on any atom is -0.311 e. The smallest absolute Gasteiger partial charge is 0.110 e. The number of aryl methyl sites for hydroxylation is 2. The standard InChI is InChI=1S/C14H24N2S/c1-3-4-5-6-8-12(15-2)14-16-11-9-7-10-13(11)17-14/h12,15H,3-10H2,1-2H3. The molecule has 1 aliphatic carbocycles. The largest absolute Gasteiger partial charge is 0.311 e. The lowest BCUT2D eigenvalue weighted by atomic mass is 10.1. The molecule has 0 fully saturated rings. The van der Waals surface area contributed by atoms with E-state index in [1.807, 2.05) is 11.3 Å². The number of nitrogens with one attached hydrogen (secondary N) is 1. The SMILES string of the molecule is CCCCCCC(NC)c1nc2c(s1)CCC2. The summed E-state index contributed by atoms with van der Waals surface area (Å²) in [5, 5.41) is 4.76. The number of nitrogens with zero attached hydrogens (tertiary/aromatic N) is 1. The molecule has 96 valence electrons. The number of fused-ring (bicyclic) bond motifs is 1. The summed E-state index contributed by atoms with van der Waals surface area (Å²) in [4.78, 5) is 6.37. The summed E-state index contributed by atoms with van der Waals surface area (Å²) in [6.45, 7) is 2.26. The zero-order valence-electron chi connectivity index (χ0n) is 11.1. The fourth-order valence-corrected chi connectivity index (χ4v) is 3.82. The fraction of sp³-hybridized carbons (Fsp3) is 0.786. The Balaban J connectivity index is 1.88. The van der Waals surface area contributed by atoms with E-state index in [1.54, 1.807) is 4.88 Å². The van der Waals surface area contributed by atoms with Crippen LogP contribution in [0.4, 0.5) is 0 Å². The third kappa shape index (κ3) is 3.29. The normalized spacial score (nSPS) is 16.1. The second-order valence-electron chi connectivity index (χ2n) is 4.97. The summed E-state index contributed by atoms with van der Waals surface area (Å²) in [5.41, 5.74) is 1.39. The van der Waals surface area contributed by atoms with Crippen LogP contribution < -0.4 is 5.32 Å². The second kappa shape index (κ2) is 6.50. The van der Waals surface area contributed by atoms with E-state index in [1.165, 1.54) is 62.1 Å². The van der Waals surface area contributed by atoms with Crippen LogP contribution in [0.15, 0.2) is 0 Å². The molecule has 1 atom stereocenters. The highest BCUT2D eigenvalue weighted by atomic mass is 32.1. The van der Waals surface area contributed by atoms with Crippen LogP contribution in [0.5, 0.6) is 0 Å². The molecule has 1 aliphatic rings. The molecule has 1 N–H and O–H groups in total. The Bertz CT molecular complexity index is 324. The van der Waals surface area contributed by atoms with Crippen LogP contribution in [0.3, 0.4) is 0 Å². The molecule has 3 heteroatoms. The molecule has 0 spiro atoms.